The minimum Gasteiger partial charge on any atom is -0.495 e. The van der Waals surface area contributed by atoms with Crippen LogP contribution in [0.15, 0.2) is 78.0 Å². The molecule has 0 radical (unpaired) electrons. The first kappa shape index (κ1) is 24.9. The zero-order chi connectivity index (χ0) is 25.5. The number of carbonyl (C=O) groups is 2. The van der Waals surface area contributed by atoms with Crippen molar-refractivity contribution in [1.29, 1.82) is 0 Å². The summed E-state index contributed by atoms with van der Waals surface area (Å²) in [6.45, 7) is -0.0254. The number of nitrogens with zero attached hydrogens (tertiary/aromatic N) is 3. The van der Waals surface area contributed by atoms with E-state index in [9.17, 15) is 18.4 Å². The lowest BCUT2D eigenvalue weighted by molar-refractivity contribution is -0.113. The number of methoxy groups -OCH3 is 1. The van der Waals surface area contributed by atoms with Crippen LogP contribution in [0.2, 0.25) is 0 Å². The van der Waals surface area contributed by atoms with Crippen molar-refractivity contribution in [2.75, 3.05) is 18.2 Å². The van der Waals surface area contributed by atoms with Crippen molar-refractivity contribution in [2.24, 2.45) is 0 Å². The van der Waals surface area contributed by atoms with Crippen LogP contribution in [0.25, 0.3) is 5.69 Å². The molecule has 0 spiro atoms. The molecule has 4 aromatic rings. The van der Waals surface area contributed by atoms with Gasteiger partial charge in [-0.25, -0.2) is 8.78 Å². The average Bonchev–Trinajstić information content (AvgIpc) is 3.29. The van der Waals surface area contributed by atoms with Crippen LogP contribution in [-0.4, -0.2) is 39.4 Å². The molecule has 0 bridgehead atoms. The first-order chi connectivity index (χ1) is 17.5. The average molecular weight is 510 g/mol. The lowest BCUT2D eigenvalue weighted by atomic mass is 10.2. The third-order valence-corrected chi connectivity index (χ3v) is 5.93. The molecule has 0 saturated carbocycles. The van der Waals surface area contributed by atoms with Crippen molar-refractivity contribution in [3.05, 3.63) is 95.8 Å². The summed E-state index contributed by atoms with van der Waals surface area (Å²) in [5, 5.41) is 14.0. The van der Waals surface area contributed by atoms with E-state index >= 15 is 0 Å². The zero-order valence-corrected chi connectivity index (χ0v) is 19.9. The zero-order valence-electron chi connectivity index (χ0n) is 19.1. The molecule has 2 N–H and O–H groups in total. The molecule has 0 unspecified atom stereocenters. The lowest BCUT2D eigenvalue weighted by Crippen LogP contribution is -2.25. The molecule has 0 saturated heterocycles. The van der Waals surface area contributed by atoms with Gasteiger partial charge in [-0.05, 0) is 42.5 Å². The van der Waals surface area contributed by atoms with Gasteiger partial charge in [-0.3, -0.25) is 14.2 Å². The second kappa shape index (κ2) is 11.5. The SMILES string of the molecule is COc1ccccc1-n1c(CNC(=O)c2cccc(F)c2)nnc1SCC(=O)Nc1ccccc1F. The number of hydrogen-bond acceptors (Lipinski definition) is 6. The predicted molar refractivity (Wildman–Crippen MR) is 131 cm³/mol. The van der Waals surface area contributed by atoms with Gasteiger partial charge in [0.1, 0.15) is 17.4 Å². The molecule has 184 valence electrons. The molecule has 1 aromatic heterocycles. The molecule has 8 nitrogen and oxygen atoms in total. The van der Waals surface area contributed by atoms with Gasteiger partial charge in [-0.1, -0.05) is 42.1 Å². The van der Waals surface area contributed by atoms with Gasteiger partial charge in [0.25, 0.3) is 5.91 Å². The summed E-state index contributed by atoms with van der Waals surface area (Å²) < 4.78 is 34.5. The number of thioether (sulfide) groups is 1. The number of rotatable bonds is 9. The van der Waals surface area contributed by atoms with Crippen LogP contribution in [0.5, 0.6) is 5.75 Å². The van der Waals surface area contributed by atoms with E-state index in [1.807, 2.05) is 0 Å². The molecular weight excluding hydrogens is 488 g/mol. The molecule has 11 heteroatoms. The van der Waals surface area contributed by atoms with E-state index in [1.165, 1.54) is 43.5 Å². The predicted octanol–water partition coefficient (Wildman–Crippen LogP) is 4.21. The van der Waals surface area contributed by atoms with Crippen LogP contribution in [0.3, 0.4) is 0 Å². The Bertz CT molecular complexity index is 1400. The molecule has 0 aliphatic rings. The highest BCUT2D eigenvalue weighted by Crippen LogP contribution is 2.29. The van der Waals surface area contributed by atoms with Crippen LogP contribution in [0.1, 0.15) is 16.2 Å². The number of aromatic nitrogens is 3. The van der Waals surface area contributed by atoms with Gasteiger partial charge in [0.05, 0.1) is 30.8 Å². The third kappa shape index (κ3) is 5.87. The number of ether oxygens (including phenoxy) is 1. The van der Waals surface area contributed by atoms with Crippen molar-refractivity contribution in [2.45, 2.75) is 11.7 Å². The summed E-state index contributed by atoms with van der Waals surface area (Å²) in [5.41, 5.74) is 0.838. The summed E-state index contributed by atoms with van der Waals surface area (Å²) in [4.78, 5) is 25.0. The Hall–Kier alpha value is -4.25. The molecule has 36 heavy (non-hydrogen) atoms. The van der Waals surface area contributed by atoms with Crippen molar-refractivity contribution in [3.63, 3.8) is 0 Å². The second-order valence-corrected chi connectivity index (χ2v) is 8.36. The maximum atomic E-state index is 13.9. The first-order valence-corrected chi connectivity index (χ1v) is 11.7. The quantitative estimate of drug-likeness (QED) is 0.328. The third-order valence-electron chi connectivity index (χ3n) is 5.00. The van der Waals surface area contributed by atoms with Crippen LogP contribution in [0.4, 0.5) is 14.5 Å². The maximum Gasteiger partial charge on any atom is 0.251 e. The van der Waals surface area contributed by atoms with Crippen molar-refractivity contribution in [3.8, 4) is 11.4 Å². The Labute approximate surface area is 209 Å². The standard InChI is InChI=1S/C25H21F2N5O3S/c1-35-21-12-5-4-11-20(21)32-22(14-28-24(34)16-7-6-8-17(26)13-16)30-31-25(32)36-15-23(33)29-19-10-3-2-9-18(19)27/h2-13H,14-15H2,1H3,(H,28,34)(H,29,33). The van der Waals surface area contributed by atoms with E-state index < -0.39 is 23.4 Å². The first-order valence-electron chi connectivity index (χ1n) is 10.7. The molecule has 4 rings (SSSR count). The molecule has 1 heterocycles. The smallest absolute Gasteiger partial charge is 0.251 e. The van der Waals surface area contributed by atoms with Crippen LogP contribution >= 0.6 is 11.8 Å². The van der Waals surface area contributed by atoms with E-state index in [4.69, 9.17) is 4.74 Å². The number of anilines is 1. The monoisotopic (exact) mass is 509 g/mol. The van der Waals surface area contributed by atoms with E-state index in [0.29, 0.717) is 22.4 Å². The number of halogens is 2. The van der Waals surface area contributed by atoms with E-state index in [0.717, 1.165) is 17.8 Å². The van der Waals surface area contributed by atoms with Gasteiger partial charge in [0, 0.05) is 5.56 Å². The van der Waals surface area contributed by atoms with Gasteiger partial charge < -0.3 is 15.4 Å². The molecule has 0 atom stereocenters. The summed E-state index contributed by atoms with van der Waals surface area (Å²) in [6.07, 6.45) is 0. The number of hydrogen-bond donors (Lipinski definition) is 2. The molecule has 2 amide bonds. The fourth-order valence-electron chi connectivity index (χ4n) is 3.33. The fraction of sp³-hybridized carbons (Fsp3) is 0.120. The number of benzene rings is 3. The minimum absolute atomic E-state index is 0.0254. The minimum atomic E-state index is -0.538. The van der Waals surface area contributed by atoms with E-state index in [2.05, 4.69) is 20.8 Å². The number of amides is 2. The van der Waals surface area contributed by atoms with Crippen LogP contribution in [-0.2, 0) is 11.3 Å². The Morgan fingerprint density at radius 1 is 1.00 bits per heavy atom. The molecule has 0 aliphatic carbocycles. The van der Waals surface area contributed by atoms with Gasteiger partial charge in [0.2, 0.25) is 5.91 Å². The Balaban J connectivity index is 1.55. The van der Waals surface area contributed by atoms with E-state index in [1.54, 1.807) is 34.9 Å². The molecule has 0 fully saturated rings. The molecule has 0 aliphatic heterocycles. The van der Waals surface area contributed by atoms with Crippen LogP contribution in [0, 0.1) is 11.6 Å². The number of nitrogens with one attached hydrogen (secondary N) is 2. The lowest BCUT2D eigenvalue weighted by Gasteiger charge is -2.14. The van der Waals surface area contributed by atoms with Gasteiger partial charge >= 0.3 is 0 Å². The van der Waals surface area contributed by atoms with Crippen molar-refractivity contribution >= 4 is 29.3 Å². The summed E-state index contributed by atoms with van der Waals surface area (Å²) in [7, 11) is 1.52. The summed E-state index contributed by atoms with van der Waals surface area (Å²) in [6, 6.07) is 18.3. The highest BCUT2D eigenvalue weighted by molar-refractivity contribution is 7.99. The molecular formula is C25H21F2N5O3S. The number of para-hydroxylation sites is 3. The summed E-state index contributed by atoms with van der Waals surface area (Å²) in [5.74, 6) is -1.16. The highest BCUT2D eigenvalue weighted by atomic mass is 32.2. The van der Waals surface area contributed by atoms with Crippen molar-refractivity contribution in [1.82, 2.24) is 20.1 Å². The van der Waals surface area contributed by atoms with Crippen molar-refractivity contribution < 1.29 is 23.1 Å². The summed E-state index contributed by atoms with van der Waals surface area (Å²) >= 11 is 1.08. The Morgan fingerprint density at radius 2 is 1.78 bits per heavy atom. The largest absolute Gasteiger partial charge is 0.495 e. The van der Waals surface area contributed by atoms with Gasteiger partial charge in [0.15, 0.2) is 11.0 Å². The fourth-order valence-corrected chi connectivity index (χ4v) is 4.10. The highest BCUT2D eigenvalue weighted by Gasteiger charge is 2.20. The van der Waals surface area contributed by atoms with Gasteiger partial charge in [-0.2, -0.15) is 0 Å². The van der Waals surface area contributed by atoms with Gasteiger partial charge in [-0.15, -0.1) is 10.2 Å². The molecule has 3 aromatic carbocycles. The second-order valence-electron chi connectivity index (χ2n) is 7.42. The normalized spacial score (nSPS) is 10.6. The topological polar surface area (TPSA) is 98.1 Å². The Morgan fingerprint density at radius 3 is 2.56 bits per heavy atom. The maximum absolute atomic E-state index is 13.9. The van der Waals surface area contributed by atoms with E-state index in [-0.39, 0.29) is 23.5 Å². The Kier molecular flexibility index (Phi) is 7.91. The van der Waals surface area contributed by atoms with Crippen LogP contribution < -0.4 is 15.4 Å². The number of carbonyl (C=O) groups excluding carboxylic acids is 2.